The third-order valence-electron chi connectivity index (χ3n) is 4.25. The standard InChI is InChI=1S/C15H12BN3O3/c20-16(21)22-18-9-17-8-10-4-3-6-12-11-5-1-2-7-13(11)19(18)15(17)14(10)12/h1-7,9,20-21H,8H2/q+2. The summed E-state index contributed by atoms with van der Waals surface area (Å²) in [5, 5.41) is 21.8. The van der Waals surface area contributed by atoms with Gasteiger partial charge in [-0.2, -0.15) is 0 Å². The molecule has 0 aliphatic carbocycles. The summed E-state index contributed by atoms with van der Waals surface area (Å²) in [7, 11) is -1.87. The lowest BCUT2D eigenvalue weighted by molar-refractivity contribution is -0.697. The first kappa shape index (κ1) is 12.0. The van der Waals surface area contributed by atoms with E-state index < -0.39 is 7.32 Å². The number of para-hydroxylation sites is 1. The maximum absolute atomic E-state index is 9.17. The van der Waals surface area contributed by atoms with E-state index in [2.05, 4.69) is 24.3 Å². The fraction of sp³-hybridized carbons (Fsp3) is 0.0667. The van der Waals surface area contributed by atoms with Crippen LogP contribution < -0.4 is 13.8 Å². The number of pyridine rings is 1. The molecule has 6 nitrogen and oxygen atoms in total. The number of hydrogen-bond acceptors (Lipinski definition) is 3. The van der Waals surface area contributed by atoms with E-state index in [-0.39, 0.29) is 0 Å². The van der Waals surface area contributed by atoms with Gasteiger partial charge >= 0.3 is 19.3 Å². The quantitative estimate of drug-likeness (QED) is 0.264. The predicted octanol–water partition coefficient (Wildman–Crippen LogP) is -0.420. The largest absolute Gasteiger partial charge is 0.761 e. The molecule has 106 valence electrons. The van der Waals surface area contributed by atoms with Crippen LogP contribution in [0.5, 0.6) is 0 Å². The first-order valence-electron chi connectivity index (χ1n) is 7.06. The van der Waals surface area contributed by atoms with Crippen molar-refractivity contribution in [3.8, 4) is 0 Å². The minimum absolute atomic E-state index is 0.740. The highest BCUT2D eigenvalue weighted by Gasteiger charge is 2.38. The van der Waals surface area contributed by atoms with Gasteiger partial charge in [-0.25, -0.2) is 0 Å². The number of hydrogen-bond donors (Lipinski definition) is 2. The van der Waals surface area contributed by atoms with Crippen LogP contribution >= 0.6 is 0 Å². The van der Waals surface area contributed by atoms with Gasteiger partial charge in [0.2, 0.25) is 5.52 Å². The number of rotatable bonds is 2. The SMILES string of the molecule is OB(O)On1c[n+]2c3c4c(cccc4c4ccccc4[n+]31)C2. The Balaban J connectivity index is 2.07. The van der Waals surface area contributed by atoms with Gasteiger partial charge < -0.3 is 10.0 Å². The molecule has 0 amide bonds. The van der Waals surface area contributed by atoms with Crippen molar-refractivity contribution in [2.24, 2.45) is 0 Å². The lowest BCUT2D eigenvalue weighted by Crippen LogP contribution is -2.43. The van der Waals surface area contributed by atoms with Crippen LogP contribution in [0.4, 0.5) is 0 Å². The van der Waals surface area contributed by atoms with Crippen LogP contribution in [-0.4, -0.2) is 22.2 Å². The molecular formula is C15H12BN3O3+2. The summed E-state index contributed by atoms with van der Waals surface area (Å²) < 4.78 is 9.02. The number of aromatic nitrogens is 3. The molecule has 3 heterocycles. The summed E-state index contributed by atoms with van der Waals surface area (Å²) >= 11 is 0. The van der Waals surface area contributed by atoms with Gasteiger partial charge in [-0.15, -0.1) is 4.57 Å². The van der Waals surface area contributed by atoms with Crippen LogP contribution in [0, 0.1) is 0 Å². The lowest BCUT2D eigenvalue weighted by atomic mass is 10.0. The Morgan fingerprint density at radius 3 is 2.73 bits per heavy atom. The van der Waals surface area contributed by atoms with Crippen LogP contribution in [0.2, 0.25) is 0 Å². The Labute approximate surface area is 125 Å². The molecule has 2 N–H and O–H groups in total. The molecule has 0 unspecified atom stereocenters. The Bertz CT molecular complexity index is 1070. The summed E-state index contributed by atoms with van der Waals surface area (Å²) in [6.45, 7) is 0.740. The van der Waals surface area contributed by atoms with E-state index >= 15 is 0 Å². The van der Waals surface area contributed by atoms with E-state index in [0.29, 0.717) is 0 Å². The zero-order valence-electron chi connectivity index (χ0n) is 11.5. The van der Waals surface area contributed by atoms with E-state index in [1.165, 1.54) is 21.2 Å². The first-order valence-corrected chi connectivity index (χ1v) is 7.06. The van der Waals surface area contributed by atoms with Gasteiger partial charge in [0, 0.05) is 16.3 Å². The van der Waals surface area contributed by atoms with Crippen LogP contribution in [0.15, 0.2) is 48.8 Å². The smallest absolute Gasteiger partial charge is 0.387 e. The maximum atomic E-state index is 9.17. The third-order valence-corrected chi connectivity index (χ3v) is 4.25. The first-order chi connectivity index (χ1) is 10.7. The van der Waals surface area contributed by atoms with E-state index in [4.69, 9.17) is 14.8 Å². The minimum atomic E-state index is -1.87. The minimum Gasteiger partial charge on any atom is -0.387 e. The van der Waals surface area contributed by atoms with Gasteiger partial charge in [-0.3, -0.25) is 4.76 Å². The van der Waals surface area contributed by atoms with Crippen LogP contribution in [0.3, 0.4) is 0 Å². The molecule has 22 heavy (non-hydrogen) atoms. The van der Waals surface area contributed by atoms with E-state index in [0.717, 1.165) is 23.1 Å². The molecule has 0 atom stereocenters. The Hall–Kier alpha value is -2.64. The Kier molecular flexibility index (Phi) is 2.16. The van der Waals surface area contributed by atoms with Crippen molar-refractivity contribution in [2.75, 3.05) is 0 Å². The number of fused-ring (bicyclic) bond motifs is 3. The topological polar surface area (TPSA) is 62.6 Å². The summed E-state index contributed by atoms with van der Waals surface area (Å²) in [6.07, 6.45) is 1.74. The molecule has 1 aliphatic heterocycles. The number of nitrogens with zero attached hydrogens (tertiary/aromatic N) is 3. The van der Waals surface area contributed by atoms with E-state index in [1.807, 2.05) is 27.3 Å². The average molecular weight is 293 g/mol. The van der Waals surface area contributed by atoms with E-state index in [9.17, 15) is 0 Å². The van der Waals surface area contributed by atoms with Gasteiger partial charge in [-0.1, -0.05) is 30.3 Å². The zero-order chi connectivity index (χ0) is 14.8. The predicted molar refractivity (Wildman–Crippen MR) is 78.7 cm³/mol. The summed E-state index contributed by atoms with van der Waals surface area (Å²) in [4.78, 5) is 1.37. The molecule has 0 spiro atoms. The summed E-state index contributed by atoms with van der Waals surface area (Å²) in [6, 6.07) is 14.3. The van der Waals surface area contributed by atoms with Crippen molar-refractivity contribution in [1.29, 1.82) is 0 Å². The highest BCUT2D eigenvalue weighted by Crippen LogP contribution is 2.30. The Morgan fingerprint density at radius 2 is 1.86 bits per heavy atom. The number of benzene rings is 2. The van der Waals surface area contributed by atoms with Crippen molar-refractivity contribution >= 4 is 34.6 Å². The van der Waals surface area contributed by atoms with Gasteiger partial charge in [0.1, 0.15) is 11.9 Å². The van der Waals surface area contributed by atoms with Crippen LogP contribution in [0.25, 0.3) is 27.3 Å². The second-order valence-electron chi connectivity index (χ2n) is 5.47. The van der Waals surface area contributed by atoms with Gasteiger partial charge in [0.15, 0.2) is 4.85 Å². The lowest BCUT2D eigenvalue weighted by Gasteiger charge is -2.01. The maximum Gasteiger partial charge on any atom is 0.761 e. The van der Waals surface area contributed by atoms with E-state index in [1.54, 1.807) is 6.33 Å². The molecule has 5 rings (SSSR count). The molecule has 7 heteroatoms. The molecule has 0 saturated heterocycles. The second kappa shape index (κ2) is 3.97. The summed E-state index contributed by atoms with van der Waals surface area (Å²) in [5.41, 5.74) is 3.20. The van der Waals surface area contributed by atoms with Crippen molar-refractivity contribution in [1.82, 2.24) is 4.85 Å². The highest BCUT2D eigenvalue weighted by atomic mass is 16.7. The van der Waals surface area contributed by atoms with Crippen molar-refractivity contribution in [3.63, 3.8) is 0 Å². The van der Waals surface area contributed by atoms with Gasteiger partial charge in [-0.05, 0) is 12.1 Å². The van der Waals surface area contributed by atoms with Crippen LogP contribution in [0.1, 0.15) is 5.56 Å². The molecule has 0 saturated carbocycles. The molecule has 2 aromatic heterocycles. The molecule has 4 aromatic rings. The second-order valence-corrected chi connectivity index (χ2v) is 5.47. The highest BCUT2D eigenvalue weighted by molar-refractivity contribution is 6.32. The van der Waals surface area contributed by atoms with Crippen LogP contribution in [-0.2, 0) is 6.54 Å². The fourth-order valence-electron chi connectivity index (χ4n) is 3.49. The molecule has 0 radical (unpaired) electrons. The zero-order valence-corrected chi connectivity index (χ0v) is 11.5. The molecule has 0 fully saturated rings. The Morgan fingerprint density at radius 1 is 1.05 bits per heavy atom. The van der Waals surface area contributed by atoms with Gasteiger partial charge in [0.25, 0.3) is 0 Å². The van der Waals surface area contributed by atoms with Crippen molar-refractivity contribution < 1.29 is 23.9 Å². The molecule has 2 aromatic carbocycles. The molecule has 1 aliphatic rings. The molecular weight excluding hydrogens is 281 g/mol. The average Bonchev–Trinajstić information content (AvgIpc) is 3.02. The summed E-state index contributed by atoms with van der Waals surface area (Å²) in [5.74, 6) is 0. The van der Waals surface area contributed by atoms with Gasteiger partial charge in [0.05, 0.1) is 4.52 Å². The molecule has 0 bridgehead atoms. The van der Waals surface area contributed by atoms with Crippen molar-refractivity contribution in [3.05, 3.63) is 54.4 Å². The third kappa shape index (κ3) is 1.37. The fourth-order valence-corrected chi connectivity index (χ4v) is 3.49. The normalized spacial score (nSPS) is 12.8. The monoisotopic (exact) mass is 293 g/mol. The van der Waals surface area contributed by atoms with Crippen molar-refractivity contribution in [2.45, 2.75) is 6.54 Å².